The topological polar surface area (TPSA) is 112 Å². The van der Waals surface area contributed by atoms with E-state index in [4.69, 9.17) is 24.7 Å². The molecule has 0 aromatic heterocycles. The van der Waals surface area contributed by atoms with Gasteiger partial charge < -0.3 is 35.1 Å². The Balaban J connectivity index is 2.05. The highest BCUT2D eigenvalue weighted by Gasteiger charge is 2.30. The Labute approximate surface area is 240 Å². The van der Waals surface area contributed by atoms with Gasteiger partial charge in [0.05, 0.1) is 26.9 Å². The number of nitrogens with one attached hydrogen (secondary N) is 1. The van der Waals surface area contributed by atoms with Crippen molar-refractivity contribution in [1.29, 1.82) is 0 Å². The number of ether oxygens (including phenoxy) is 4. The summed E-state index contributed by atoms with van der Waals surface area (Å²) in [4.78, 5) is 13.1. The second-order valence-corrected chi connectivity index (χ2v) is 11.2. The van der Waals surface area contributed by atoms with Gasteiger partial charge in [-0.25, -0.2) is 0 Å². The first kappa shape index (κ1) is 33.4. The highest BCUT2D eigenvalue weighted by atomic mass is 16.5. The number of benzene rings is 2. The number of anilines is 1. The van der Waals surface area contributed by atoms with E-state index in [0.29, 0.717) is 54.9 Å². The quantitative estimate of drug-likeness (QED) is 0.213. The summed E-state index contributed by atoms with van der Waals surface area (Å²) >= 11 is 0. The first-order valence-electron chi connectivity index (χ1n) is 14.3. The number of aliphatic hydroxyl groups is 1. The third-order valence-corrected chi connectivity index (χ3v) is 7.46. The van der Waals surface area contributed by atoms with Gasteiger partial charge >= 0.3 is 0 Å². The number of carbonyl (C=O) groups excluding carboxylic acids is 1. The van der Waals surface area contributed by atoms with Crippen LogP contribution in [-0.4, -0.2) is 57.7 Å². The van der Waals surface area contributed by atoms with E-state index in [0.717, 1.165) is 18.4 Å². The number of rotatable bonds is 18. The number of hydrogen-bond acceptors (Lipinski definition) is 7. The van der Waals surface area contributed by atoms with E-state index in [1.165, 1.54) is 0 Å². The molecule has 4 N–H and O–H groups in total. The lowest BCUT2D eigenvalue weighted by molar-refractivity contribution is -0.122. The average molecular weight is 559 g/mol. The lowest BCUT2D eigenvalue weighted by Gasteiger charge is -2.30. The third-order valence-electron chi connectivity index (χ3n) is 7.46. The van der Waals surface area contributed by atoms with Crippen molar-refractivity contribution in [2.75, 3.05) is 39.9 Å². The minimum Gasteiger partial charge on any atom is -0.497 e. The first-order chi connectivity index (χ1) is 19.1. The van der Waals surface area contributed by atoms with Gasteiger partial charge in [0.1, 0.15) is 5.75 Å². The third kappa shape index (κ3) is 10.6. The Morgan fingerprint density at radius 1 is 0.925 bits per heavy atom. The zero-order chi connectivity index (χ0) is 29.7. The molecular formula is C32H50N2O6. The van der Waals surface area contributed by atoms with Gasteiger partial charge in [0.25, 0.3) is 0 Å². The number of carbonyl (C=O) groups is 1. The maximum atomic E-state index is 13.1. The molecule has 0 saturated heterocycles. The fourth-order valence-electron chi connectivity index (χ4n) is 4.80. The molecule has 2 rings (SSSR count). The van der Waals surface area contributed by atoms with Gasteiger partial charge in [0.15, 0.2) is 11.5 Å². The second-order valence-electron chi connectivity index (χ2n) is 11.2. The van der Waals surface area contributed by atoms with Crippen molar-refractivity contribution in [3.8, 4) is 17.2 Å². The highest BCUT2D eigenvalue weighted by Crippen LogP contribution is 2.32. The maximum Gasteiger partial charge on any atom is 0.227 e. The first-order valence-corrected chi connectivity index (χ1v) is 14.3. The molecule has 2 aromatic rings. The highest BCUT2D eigenvalue weighted by molar-refractivity contribution is 5.92. The van der Waals surface area contributed by atoms with Crippen LogP contribution in [0.3, 0.4) is 0 Å². The van der Waals surface area contributed by atoms with Crippen LogP contribution in [0, 0.1) is 23.7 Å². The molecule has 0 aliphatic rings. The zero-order valence-corrected chi connectivity index (χ0v) is 25.3. The van der Waals surface area contributed by atoms with Crippen molar-refractivity contribution in [1.82, 2.24) is 0 Å². The monoisotopic (exact) mass is 558 g/mol. The molecule has 0 spiro atoms. The van der Waals surface area contributed by atoms with E-state index < -0.39 is 12.1 Å². The van der Waals surface area contributed by atoms with E-state index in [-0.39, 0.29) is 23.7 Å². The molecule has 0 fully saturated rings. The summed E-state index contributed by atoms with van der Waals surface area (Å²) < 4.78 is 21.8. The van der Waals surface area contributed by atoms with E-state index in [2.05, 4.69) is 25.2 Å². The second kappa shape index (κ2) is 17.1. The van der Waals surface area contributed by atoms with Crippen LogP contribution in [0.25, 0.3) is 0 Å². The molecule has 4 atom stereocenters. The van der Waals surface area contributed by atoms with Gasteiger partial charge in [-0.05, 0) is 66.8 Å². The van der Waals surface area contributed by atoms with Crippen LogP contribution in [0.2, 0.25) is 0 Å². The number of amides is 1. The fourth-order valence-corrected chi connectivity index (χ4v) is 4.80. The number of hydrogen-bond donors (Lipinski definition) is 3. The SMILES string of the molecule is COCCCOc1cc(C[C@@H](C[C@H](N)[C@@H](O)C[C@H](C(=O)Nc2cccc(OC)c2)C(C)C)C(C)C)ccc1OC. The van der Waals surface area contributed by atoms with Crippen molar-refractivity contribution in [2.24, 2.45) is 29.4 Å². The summed E-state index contributed by atoms with van der Waals surface area (Å²) in [6.07, 6.45) is 1.71. The van der Waals surface area contributed by atoms with Crippen LogP contribution in [0.15, 0.2) is 42.5 Å². The largest absolute Gasteiger partial charge is 0.497 e. The number of aliphatic hydroxyl groups excluding tert-OH is 1. The Hall–Kier alpha value is -2.81. The summed E-state index contributed by atoms with van der Waals surface area (Å²) in [6, 6.07) is 12.8. The van der Waals surface area contributed by atoms with E-state index >= 15 is 0 Å². The van der Waals surface area contributed by atoms with Gasteiger partial charge in [-0.1, -0.05) is 39.8 Å². The summed E-state index contributed by atoms with van der Waals surface area (Å²) in [5.41, 5.74) is 8.35. The molecule has 224 valence electrons. The summed E-state index contributed by atoms with van der Waals surface area (Å²) in [5, 5.41) is 14.1. The van der Waals surface area contributed by atoms with Crippen LogP contribution < -0.4 is 25.3 Å². The molecule has 0 saturated carbocycles. The van der Waals surface area contributed by atoms with Crippen LogP contribution in [0.4, 0.5) is 5.69 Å². The van der Waals surface area contributed by atoms with Gasteiger partial charge in [0, 0.05) is 43.9 Å². The zero-order valence-electron chi connectivity index (χ0n) is 25.3. The van der Waals surface area contributed by atoms with Crippen molar-refractivity contribution < 1.29 is 28.8 Å². The van der Waals surface area contributed by atoms with Gasteiger partial charge in [-0.2, -0.15) is 0 Å². The molecule has 0 bridgehead atoms. The summed E-state index contributed by atoms with van der Waals surface area (Å²) in [6.45, 7) is 9.51. The van der Waals surface area contributed by atoms with Gasteiger partial charge in [0.2, 0.25) is 5.91 Å². The van der Waals surface area contributed by atoms with E-state index in [9.17, 15) is 9.90 Å². The van der Waals surface area contributed by atoms with E-state index in [1.807, 2.05) is 44.2 Å². The van der Waals surface area contributed by atoms with Crippen LogP contribution in [0.5, 0.6) is 17.2 Å². The van der Waals surface area contributed by atoms with Gasteiger partial charge in [-0.15, -0.1) is 0 Å². The molecule has 0 aliphatic carbocycles. The predicted octanol–water partition coefficient (Wildman–Crippen LogP) is 5.31. The lowest BCUT2D eigenvalue weighted by Crippen LogP contribution is -2.41. The number of methoxy groups -OCH3 is 3. The molecule has 1 amide bonds. The standard InChI is InChI=1S/C32H50N2O6/c1-21(2)24(16-23-12-13-30(39-7)31(17-23)40-15-9-14-37-5)18-28(33)29(35)20-27(22(3)4)32(36)34-25-10-8-11-26(19-25)38-6/h8,10-13,17,19,21-22,24,27-29,35H,9,14-16,18,20,33H2,1-7H3,(H,34,36)/t24-,27-,28-,29-/m0/s1. The molecule has 8 nitrogen and oxygen atoms in total. The molecule has 2 aromatic carbocycles. The van der Waals surface area contributed by atoms with Crippen LogP contribution >= 0.6 is 0 Å². The Bertz CT molecular complexity index is 1030. The molecule has 0 unspecified atom stereocenters. The van der Waals surface area contributed by atoms with Gasteiger partial charge in [-0.3, -0.25) is 4.79 Å². The maximum absolute atomic E-state index is 13.1. The predicted molar refractivity (Wildman–Crippen MR) is 160 cm³/mol. The molecule has 40 heavy (non-hydrogen) atoms. The lowest BCUT2D eigenvalue weighted by atomic mass is 9.81. The van der Waals surface area contributed by atoms with E-state index in [1.54, 1.807) is 27.4 Å². The minimum atomic E-state index is -0.805. The minimum absolute atomic E-state index is 0.0370. The molecule has 0 radical (unpaired) electrons. The Morgan fingerprint density at radius 2 is 1.68 bits per heavy atom. The number of nitrogens with two attached hydrogens (primary N) is 1. The molecule has 0 heterocycles. The smallest absolute Gasteiger partial charge is 0.227 e. The Morgan fingerprint density at radius 3 is 2.30 bits per heavy atom. The Kier molecular flexibility index (Phi) is 14.3. The van der Waals surface area contributed by atoms with Crippen LogP contribution in [-0.2, 0) is 16.0 Å². The van der Waals surface area contributed by atoms with Crippen molar-refractivity contribution in [3.63, 3.8) is 0 Å². The molecule has 8 heteroatoms. The average Bonchev–Trinajstić information content (AvgIpc) is 2.93. The summed E-state index contributed by atoms with van der Waals surface area (Å²) in [7, 11) is 4.90. The molecular weight excluding hydrogens is 508 g/mol. The van der Waals surface area contributed by atoms with Crippen molar-refractivity contribution >= 4 is 11.6 Å². The summed E-state index contributed by atoms with van der Waals surface area (Å²) in [5.74, 6) is 2.19. The van der Waals surface area contributed by atoms with Crippen molar-refractivity contribution in [3.05, 3.63) is 48.0 Å². The fraction of sp³-hybridized carbons (Fsp3) is 0.594. The van der Waals surface area contributed by atoms with Crippen molar-refractivity contribution in [2.45, 2.75) is 65.5 Å². The molecule has 0 aliphatic heterocycles. The normalized spacial score (nSPS) is 14.5. The van der Waals surface area contributed by atoms with Crippen LogP contribution in [0.1, 0.15) is 52.5 Å².